The van der Waals surface area contributed by atoms with Gasteiger partial charge in [-0.15, -0.1) is 5.10 Å². The van der Waals surface area contributed by atoms with E-state index in [1.54, 1.807) is 23.2 Å². The van der Waals surface area contributed by atoms with Gasteiger partial charge in [0.05, 0.1) is 0 Å². The molecule has 0 aromatic carbocycles. The highest BCUT2D eigenvalue weighted by Crippen LogP contribution is 2.33. The second kappa shape index (κ2) is 3.44. The van der Waals surface area contributed by atoms with Crippen LogP contribution in [0, 0.1) is 6.92 Å². The zero-order valence-corrected chi connectivity index (χ0v) is 9.50. The van der Waals surface area contributed by atoms with E-state index in [-0.39, 0.29) is 5.56 Å². The highest BCUT2D eigenvalue weighted by atomic mass is 16.1. The number of aromatic nitrogens is 4. The minimum absolute atomic E-state index is 0.113. The number of anilines is 1. The Labute approximate surface area is 97.7 Å². The molecule has 0 aliphatic heterocycles. The van der Waals surface area contributed by atoms with Crippen LogP contribution in [0.15, 0.2) is 23.4 Å². The van der Waals surface area contributed by atoms with Gasteiger partial charge < -0.3 is 10.3 Å². The molecule has 0 spiro atoms. The summed E-state index contributed by atoms with van der Waals surface area (Å²) in [6, 6.07) is 0.332. The van der Waals surface area contributed by atoms with Crippen LogP contribution in [0.2, 0.25) is 0 Å². The topological polar surface area (TPSA) is 78.7 Å². The van der Waals surface area contributed by atoms with E-state index in [1.165, 1.54) is 4.68 Å². The molecule has 2 heterocycles. The Kier molecular flexibility index (Phi) is 2.04. The lowest BCUT2D eigenvalue weighted by Gasteiger charge is -2.05. The largest absolute Gasteiger partial charge is 0.382 e. The van der Waals surface area contributed by atoms with Gasteiger partial charge in [-0.25, -0.2) is 9.67 Å². The van der Waals surface area contributed by atoms with Gasteiger partial charge in [-0.3, -0.25) is 4.79 Å². The van der Waals surface area contributed by atoms with Crippen molar-refractivity contribution in [1.29, 1.82) is 0 Å². The number of hydrogen-bond acceptors (Lipinski definition) is 4. The standard InChI is InChI=1S/C11H13N5O/c1-7-6-16(14-9(7)12)10-11(17)15(5-4-13-10)8-2-3-8/h4-6,8H,2-3H2,1H3,(H2,12,14). The number of nitrogens with two attached hydrogens (primary N) is 1. The van der Waals surface area contributed by atoms with Gasteiger partial charge in [0.15, 0.2) is 0 Å². The highest BCUT2D eigenvalue weighted by Gasteiger charge is 2.25. The predicted octanol–water partition coefficient (Wildman–Crippen LogP) is 0.655. The first kappa shape index (κ1) is 10.1. The Bertz CT molecular complexity index is 604. The number of rotatable bonds is 2. The summed E-state index contributed by atoms with van der Waals surface area (Å²) in [5.41, 5.74) is 6.40. The molecule has 2 aromatic heterocycles. The third-order valence-electron chi connectivity index (χ3n) is 2.94. The van der Waals surface area contributed by atoms with Crippen molar-refractivity contribution in [1.82, 2.24) is 19.3 Å². The van der Waals surface area contributed by atoms with Crippen molar-refractivity contribution in [2.24, 2.45) is 0 Å². The summed E-state index contributed by atoms with van der Waals surface area (Å²) in [4.78, 5) is 16.3. The van der Waals surface area contributed by atoms with Gasteiger partial charge in [0.2, 0.25) is 5.82 Å². The highest BCUT2D eigenvalue weighted by molar-refractivity contribution is 5.38. The van der Waals surface area contributed by atoms with Crippen LogP contribution >= 0.6 is 0 Å². The average Bonchev–Trinajstić information content (AvgIpc) is 3.07. The quantitative estimate of drug-likeness (QED) is 0.823. The van der Waals surface area contributed by atoms with Crippen molar-refractivity contribution in [2.75, 3.05) is 5.73 Å². The first-order valence-corrected chi connectivity index (χ1v) is 5.56. The summed E-state index contributed by atoms with van der Waals surface area (Å²) in [6.07, 6.45) is 7.19. The lowest BCUT2D eigenvalue weighted by atomic mass is 10.4. The molecule has 0 saturated heterocycles. The fourth-order valence-electron chi connectivity index (χ4n) is 1.79. The maximum absolute atomic E-state index is 12.2. The molecule has 1 saturated carbocycles. The second-order valence-corrected chi connectivity index (χ2v) is 4.34. The van der Waals surface area contributed by atoms with E-state index in [2.05, 4.69) is 10.1 Å². The zero-order valence-electron chi connectivity index (χ0n) is 9.50. The van der Waals surface area contributed by atoms with Gasteiger partial charge in [0.1, 0.15) is 5.82 Å². The molecule has 2 N–H and O–H groups in total. The van der Waals surface area contributed by atoms with Gasteiger partial charge in [0.25, 0.3) is 5.56 Å². The monoisotopic (exact) mass is 231 g/mol. The maximum Gasteiger partial charge on any atom is 0.295 e. The zero-order chi connectivity index (χ0) is 12.0. The van der Waals surface area contributed by atoms with Crippen LogP contribution in [0.25, 0.3) is 5.82 Å². The Morgan fingerprint density at radius 3 is 2.82 bits per heavy atom. The number of nitrogens with zero attached hydrogens (tertiary/aromatic N) is 4. The molecule has 0 unspecified atom stereocenters. The molecule has 1 aliphatic carbocycles. The molecule has 17 heavy (non-hydrogen) atoms. The Morgan fingerprint density at radius 1 is 1.47 bits per heavy atom. The van der Waals surface area contributed by atoms with Crippen molar-refractivity contribution >= 4 is 5.82 Å². The lowest BCUT2D eigenvalue weighted by molar-refractivity contribution is 0.678. The lowest BCUT2D eigenvalue weighted by Crippen LogP contribution is -2.24. The van der Waals surface area contributed by atoms with Crippen molar-refractivity contribution in [2.45, 2.75) is 25.8 Å². The molecule has 6 nitrogen and oxygen atoms in total. The number of hydrogen-bond donors (Lipinski definition) is 1. The Balaban J connectivity index is 2.14. The van der Waals surface area contributed by atoms with Gasteiger partial charge in [0, 0.05) is 30.2 Å². The molecule has 0 atom stereocenters. The van der Waals surface area contributed by atoms with Crippen LogP contribution in [-0.4, -0.2) is 19.3 Å². The number of nitrogen functional groups attached to an aromatic ring is 1. The third kappa shape index (κ3) is 1.61. The van der Waals surface area contributed by atoms with Crippen LogP contribution in [0.5, 0.6) is 0 Å². The molecule has 2 aromatic rings. The van der Waals surface area contributed by atoms with Crippen LogP contribution in [-0.2, 0) is 0 Å². The van der Waals surface area contributed by atoms with E-state index in [0.717, 1.165) is 18.4 Å². The Morgan fingerprint density at radius 2 is 2.24 bits per heavy atom. The first-order chi connectivity index (χ1) is 8.16. The van der Waals surface area contributed by atoms with Gasteiger partial charge >= 0.3 is 0 Å². The smallest absolute Gasteiger partial charge is 0.295 e. The van der Waals surface area contributed by atoms with Gasteiger partial charge in [-0.2, -0.15) is 0 Å². The second-order valence-electron chi connectivity index (χ2n) is 4.34. The van der Waals surface area contributed by atoms with E-state index in [4.69, 9.17) is 5.73 Å². The van der Waals surface area contributed by atoms with Crippen molar-refractivity contribution < 1.29 is 0 Å². The van der Waals surface area contributed by atoms with Gasteiger partial charge in [-0.1, -0.05) is 0 Å². The molecule has 0 bridgehead atoms. The molecule has 88 valence electrons. The van der Waals surface area contributed by atoms with E-state index >= 15 is 0 Å². The number of aryl methyl sites for hydroxylation is 1. The van der Waals surface area contributed by atoms with Crippen LogP contribution < -0.4 is 11.3 Å². The molecule has 1 aliphatic rings. The minimum atomic E-state index is -0.113. The van der Waals surface area contributed by atoms with Crippen molar-refractivity contribution in [3.05, 3.63) is 34.5 Å². The van der Waals surface area contributed by atoms with Crippen LogP contribution in [0.4, 0.5) is 5.82 Å². The molecule has 0 radical (unpaired) electrons. The summed E-state index contributed by atoms with van der Waals surface area (Å²) < 4.78 is 3.17. The minimum Gasteiger partial charge on any atom is -0.382 e. The van der Waals surface area contributed by atoms with E-state index < -0.39 is 0 Å². The molecule has 0 amide bonds. The summed E-state index contributed by atoms with van der Waals surface area (Å²) >= 11 is 0. The first-order valence-electron chi connectivity index (χ1n) is 5.56. The van der Waals surface area contributed by atoms with Crippen LogP contribution in [0.1, 0.15) is 24.4 Å². The van der Waals surface area contributed by atoms with E-state index in [1.807, 2.05) is 6.92 Å². The van der Waals surface area contributed by atoms with Crippen molar-refractivity contribution in [3.8, 4) is 5.82 Å². The average molecular weight is 231 g/mol. The third-order valence-corrected chi connectivity index (χ3v) is 2.94. The van der Waals surface area contributed by atoms with Gasteiger partial charge in [-0.05, 0) is 19.8 Å². The molecule has 3 rings (SSSR count). The molecule has 6 heteroatoms. The Hall–Kier alpha value is -2.11. The van der Waals surface area contributed by atoms with Crippen LogP contribution in [0.3, 0.4) is 0 Å². The fraction of sp³-hybridized carbons (Fsp3) is 0.364. The normalized spacial score (nSPS) is 15.1. The fourth-order valence-corrected chi connectivity index (χ4v) is 1.79. The molecule has 1 fully saturated rings. The molecular formula is C11H13N5O. The van der Waals surface area contributed by atoms with E-state index in [9.17, 15) is 4.79 Å². The summed E-state index contributed by atoms with van der Waals surface area (Å²) in [5, 5.41) is 4.08. The summed E-state index contributed by atoms with van der Waals surface area (Å²) in [7, 11) is 0. The summed E-state index contributed by atoms with van der Waals surface area (Å²) in [5.74, 6) is 0.729. The predicted molar refractivity (Wildman–Crippen MR) is 63.0 cm³/mol. The van der Waals surface area contributed by atoms with E-state index in [0.29, 0.717) is 17.7 Å². The molecular weight excluding hydrogens is 218 g/mol. The van der Waals surface area contributed by atoms with Crippen molar-refractivity contribution in [3.63, 3.8) is 0 Å². The SMILES string of the molecule is Cc1cn(-c2nccn(C3CC3)c2=O)nc1N. The summed E-state index contributed by atoms with van der Waals surface area (Å²) in [6.45, 7) is 1.85. The maximum atomic E-state index is 12.2.